The monoisotopic (exact) mass is 886 g/mol. The van der Waals surface area contributed by atoms with Gasteiger partial charge in [-0.3, -0.25) is 9.97 Å². The normalized spacial score (nSPS) is 15.1. The van der Waals surface area contributed by atoms with Crippen LogP contribution in [0, 0.1) is 6.57 Å². The molecule has 1 unspecified atom stereocenters. The molecule has 12 aromatic rings. The molecule has 8 aromatic carbocycles. The number of aromatic nitrogens is 4. The Hall–Kier alpha value is -8.90. The van der Waals surface area contributed by atoms with Gasteiger partial charge in [-0.15, -0.1) is 0 Å². The van der Waals surface area contributed by atoms with E-state index in [1.54, 1.807) is 11.8 Å². The van der Waals surface area contributed by atoms with E-state index in [2.05, 4.69) is 201 Å². The number of anilines is 3. The average molecular weight is 887 g/mol. The van der Waals surface area contributed by atoms with Crippen LogP contribution in [0.2, 0.25) is 0 Å². The highest BCUT2D eigenvalue weighted by Crippen LogP contribution is 2.64. The number of hydrogen-bond acceptors (Lipinski definition) is 5. The van der Waals surface area contributed by atoms with Crippen LogP contribution in [0.1, 0.15) is 22.3 Å². The van der Waals surface area contributed by atoms with Crippen molar-refractivity contribution in [3.8, 4) is 34.3 Å². The van der Waals surface area contributed by atoms with Gasteiger partial charge in [0.1, 0.15) is 11.5 Å². The first-order chi connectivity index (χ1) is 33.7. The Kier molecular flexibility index (Phi) is 7.58. The maximum Gasteiger partial charge on any atom is 0.188 e. The number of ether oxygens (including phenoxy) is 1. The highest BCUT2D eigenvalue weighted by molar-refractivity contribution is 7.99. The van der Waals surface area contributed by atoms with Gasteiger partial charge in [0.25, 0.3) is 0 Å². The van der Waals surface area contributed by atoms with Gasteiger partial charge < -0.3 is 18.8 Å². The highest BCUT2D eigenvalue weighted by atomic mass is 32.2. The quantitative estimate of drug-likeness (QED) is 0.165. The van der Waals surface area contributed by atoms with Crippen molar-refractivity contribution in [2.24, 2.45) is 0 Å². The van der Waals surface area contributed by atoms with E-state index in [0.717, 1.165) is 106 Å². The Labute approximate surface area is 394 Å². The summed E-state index contributed by atoms with van der Waals surface area (Å²) in [7, 11) is 0. The summed E-state index contributed by atoms with van der Waals surface area (Å²) in [6.07, 6.45) is 3.89. The van der Waals surface area contributed by atoms with Crippen LogP contribution in [0.15, 0.2) is 216 Å². The summed E-state index contributed by atoms with van der Waals surface area (Å²) in [6.45, 7) is 7.93. The van der Waals surface area contributed by atoms with Crippen molar-refractivity contribution in [1.29, 1.82) is 0 Å². The molecule has 0 N–H and O–H groups in total. The molecule has 0 fully saturated rings. The van der Waals surface area contributed by atoms with Crippen molar-refractivity contribution in [3.63, 3.8) is 0 Å². The molecule has 1 spiro atoms. The van der Waals surface area contributed by atoms with Crippen molar-refractivity contribution < 1.29 is 4.74 Å². The largest absolute Gasteiger partial charge is 0.457 e. The van der Waals surface area contributed by atoms with Crippen molar-refractivity contribution in [2.45, 2.75) is 15.2 Å². The summed E-state index contributed by atoms with van der Waals surface area (Å²) in [5, 5.41) is 4.49. The van der Waals surface area contributed by atoms with Crippen LogP contribution < -0.4 is 9.64 Å². The van der Waals surface area contributed by atoms with Gasteiger partial charge in [-0.1, -0.05) is 115 Å². The predicted octanol–water partition coefficient (Wildman–Crippen LogP) is 15.6. The highest BCUT2D eigenvalue weighted by Gasteiger charge is 2.54. The molecule has 2 aliphatic heterocycles. The van der Waals surface area contributed by atoms with Gasteiger partial charge in [0, 0.05) is 60.6 Å². The van der Waals surface area contributed by atoms with Gasteiger partial charge in [0.05, 0.1) is 74.4 Å². The molecule has 1 atom stereocenters. The van der Waals surface area contributed by atoms with Gasteiger partial charge in [0.2, 0.25) is 0 Å². The van der Waals surface area contributed by atoms with Crippen LogP contribution in [0.4, 0.5) is 22.7 Å². The van der Waals surface area contributed by atoms with E-state index in [1.807, 2.05) is 24.5 Å². The number of fused-ring (bicyclic) bond motifs is 17. The molecule has 7 nitrogen and oxygen atoms in total. The van der Waals surface area contributed by atoms with E-state index in [0.29, 0.717) is 5.69 Å². The summed E-state index contributed by atoms with van der Waals surface area (Å²) in [4.78, 5) is 19.2. The fourth-order valence-electron chi connectivity index (χ4n) is 11.6. The Morgan fingerprint density at radius 3 is 1.84 bits per heavy atom. The fourth-order valence-corrected chi connectivity index (χ4v) is 12.6. The van der Waals surface area contributed by atoms with E-state index in [9.17, 15) is 0 Å². The van der Waals surface area contributed by atoms with Gasteiger partial charge in [-0.2, -0.15) is 0 Å². The summed E-state index contributed by atoms with van der Waals surface area (Å²) < 4.78 is 12.1. The first-order valence-electron chi connectivity index (χ1n) is 22.7. The number of hydrogen-bond donors (Lipinski definition) is 0. The molecule has 1 aliphatic carbocycles. The lowest BCUT2D eigenvalue weighted by Crippen LogP contribution is -2.34. The number of benzene rings is 8. The predicted molar refractivity (Wildman–Crippen MR) is 273 cm³/mol. The molecule has 4 aromatic heterocycles. The Balaban J connectivity index is 1.07. The standard InChI is InChI=1S/C60H34N6OS/c1-61-36-27-30-49-42(32-36)41-16-4-7-20-48(41)66(49)52-23-12-24-53-57(52)60(43-29-28-37(34-54(43)67-53)64-46-18-5-2-14-39(46)40-15-3-6-19-47(40)64)44-17-13-31-62-58(44)59-45(60)33-38(35-63-59)65-50-21-8-10-25-55(50)68-56-26-11-9-22-51(56)65/h2-35H. The second-order valence-corrected chi connectivity index (χ2v) is 18.7. The first kappa shape index (κ1) is 37.3. The van der Waals surface area contributed by atoms with E-state index in [-0.39, 0.29) is 0 Å². The van der Waals surface area contributed by atoms with Crippen LogP contribution in [0.5, 0.6) is 11.5 Å². The van der Waals surface area contributed by atoms with Crippen molar-refractivity contribution in [1.82, 2.24) is 19.1 Å². The zero-order chi connectivity index (χ0) is 44.7. The Morgan fingerprint density at radius 1 is 0.471 bits per heavy atom. The third-order valence-corrected chi connectivity index (χ3v) is 15.4. The van der Waals surface area contributed by atoms with Gasteiger partial charge >= 0.3 is 0 Å². The summed E-state index contributed by atoms with van der Waals surface area (Å²) in [5.41, 5.74) is 14.8. The third kappa shape index (κ3) is 4.87. The molecule has 0 saturated carbocycles. The topological polar surface area (TPSA) is 52.5 Å². The minimum absolute atomic E-state index is 0.603. The minimum Gasteiger partial charge on any atom is -0.457 e. The molecule has 68 heavy (non-hydrogen) atoms. The Morgan fingerprint density at radius 2 is 1.10 bits per heavy atom. The number of para-hydroxylation sites is 5. The maximum absolute atomic E-state index is 7.93. The van der Waals surface area contributed by atoms with Crippen LogP contribution >= 0.6 is 11.8 Å². The summed E-state index contributed by atoms with van der Waals surface area (Å²) in [5.74, 6) is 1.51. The SMILES string of the molecule is [C-]#[N+]c1ccc2c(c1)c1ccccc1n2-c1cccc2c1C1(c3ccc(-n4c5ccccc5c5ccccc54)cc3O2)c2cccnc2-c2ncc(N3c4ccccc4Sc4ccccc43)cc21. The average Bonchev–Trinajstić information content (AvgIpc) is 4.01. The molecule has 0 radical (unpaired) electrons. The zero-order valence-corrected chi connectivity index (χ0v) is 36.9. The smallest absolute Gasteiger partial charge is 0.188 e. The van der Waals surface area contributed by atoms with Crippen LogP contribution in [-0.4, -0.2) is 19.1 Å². The minimum atomic E-state index is -0.960. The lowest BCUT2D eigenvalue weighted by molar-refractivity contribution is 0.435. The van der Waals surface area contributed by atoms with Crippen molar-refractivity contribution >= 4 is 78.1 Å². The van der Waals surface area contributed by atoms with E-state index in [4.69, 9.17) is 21.3 Å². The molecular formula is C60H34N6OS. The third-order valence-electron chi connectivity index (χ3n) is 14.2. The van der Waals surface area contributed by atoms with E-state index in [1.165, 1.54) is 20.6 Å². The molecule has 0 saturated heterocycles. The zero-order valence-electron chi connectivity index (χ0n) is 36.1. The van der Waals surface area contributed by atoms with E-state index >= 15 is 0 Å². The Bertz CT molecular complexity index is 4120. The second-order valence-electron chi connectivity index (χ2n) is 17.6. The molecule has 8 heteroatoms. The molecular weight excluding hydrogens is 853 g/mol. The molecule has 0 amide bonds. The van der Waals surface area contributed by atoms with Gasteiger partial charge in [-0.25, -0.2) is 4.85 Å². The van der Waals surface area contributed by atoms with Crippen molar-refractivity contribution in [3.05, 3.63) is 240 Å². The number of pyridine rings is 2. The summed E-state index contributed by atoms with van der Waals surface area (Å²) >= 11 is 1.80. The van der Waals surface area contributed by atoms with Crippen LogP contribution in [0.25, 0.3) is 71.2 Å². The first-order valence-corrected chi connectivity index (χ1v) is 23.5. The van der Waals surface area contributed by atoms with E-state index < -0.39 is 5.41 Å². The van der Waals surface area contributed by atoms with Crippen LogP contribution in [0.3, 0.4) is 0 Å². The maximum atomic E-state index is 7.93. The summed E-state index contributed by atoms with van der Waals surface area (Å²) in [6, 6.07) is 68.8. The molecule has 316 valence electrons. The molecule has 15 rings (SSSR count). The van der Waals surface area contributed by atoms with Gasteiger partial charge in [0.15, 0.2) is 5.69 Å². The van der Waals surface area contributed by atoms with Gasteiger partial charge in [-0.05, 0) is 95.9 Å². The fraction of sp³-hybridized carbons (Fsp3) is 0.0167. The molecule has 6 heterocycles. The second kappa shape index (κ2) is 13.8. The van der Waals surface area contributed by atoms with Crippen LogP contribution in [-0.2, 0) is 5.41 Å². The van der Waals surface area contributed by atoms with Crippen molar-refractivity contribution in [2.75, 3.05) is 4.90 Å². The lowest BCUT2D eigenvalue weighted by atomic mass is 9.65. The molecule has 0 bridgehead atoms. The molecule has 3 aliphatic rings. The number of nitrogens with zero attached hydrogens (tertiary/aromatic N) is 6. The lowest BCUT2D eigenvalue weighted by Gasteiger charge is -2.41. The number of rotatable bonds is 3.